The van der Waals surface area contributed by atoms with Crippen LogP contribution >= 0.6 is 0 Å². The van der Waals surface area contributed by atoms with Crippen LogP contribution in [0, 0.1) is 6.92 Å². The predicted molar refractivity (Wildman–Crippen MR) is 36.4 cm³/mol. The van der Waals surface area contributed by atoms with Crippen molar-refractivity contribution in [2.75, 3.05) is 0 Å². The minimum atomic E-state index is 0.750. The molecule has 4 heteroatoms. The number of aromatic amines is 1. The first-order chi connectivity index (χ1) is 4.88. The lowest BCUT2D eigenvalue weighted by molar-refractivity contribution is 1.01. The summed E-state index contributed by atoms with van der Waals surface area (Å²) in [5, 5.41) is 15.3. The fraction of sp³-hybridized carbons (Fsp3) is 0.167. The molecular formula is C6H6N4. The van der Waals surface area contributed by atoms with Crippen LogP contribution in [0.4, 0.5) is 0 Å². The van der Waals surface area contributed by atoms with Gasteiger partial charge in [0.05, 0.1) is 11.9 Å². The second-order valence-electron chi connectivity index (χ2n) is 2.10. The summed E-state index contributed by atoms with van der Waals surface area (Å²) in [4.78, 5) is 0. The van der Waals surface area contributed by atoms with Gasteiger partial charge in [0.15, 0.2) is 5.65 Å². The molecule has 2 aromatic rings. The molecule has 0 atom stereocenters. The van der Waals surface area contributed by atoms with Crippen molar-refractivity contribution in [1.29, 1.82) is 0 Å². The quantitative estimate of drug-likeness (QED) is 0.575. The highest BCUT2D eigenvalue weighted by atomic mass is 15.2. The smallest absolute Gasteiger partial charge is 0.178 e. The van der Waals surface area contributed by atoms with Crippen molar-refractivity contribution in [1.82, 2.24) is 20.4 Å². The van der Waals surface area contributed by atoms with Crippen LogP contribution in [0.15, 0.2) is 12.3 Å². The van der Waals surface area contributed by atoms with Crippen LogP contribution in [-0.2, 0) is 0 Å². The van der Waals surface area contributed by atoms with Gasteiger partial charge in [-0.15, -0.1) is 5.10 Å². The van der Waals surface area contributed by atoms with Gasteiger partial charge in [0.2, 0.25) is 0 Å². The monoisotopic (exact) mass is 134 g/mol. The van der Waals surface area contributed by atoms with Crippen molar-refractivity contribution < 1.29 is 0 Å². The third-order valence-electron chi connectivity index (χ3n) is 1.44. The number of hydrogen-bond donors (Lipinski definition) is 1. The largest absolute Gasteiger partial charge is 0.259 e. The molecule has 0 spiro atoms. The summed E-state index contributed by atoms with van der Waals surface area (Å²) in [5.41, 5.74) is 1.71. The molecule has 0 bridgehead atoms. The third kappa shape index (κ3) is 0.586. The highest BCUT2D eigenvalue weighted by Gasteiger charge is 1.98. The number of nitrogens with zero attached hydrogens (tertiary/aromatic N) is 3. The maximum atomic E-state index is 3.97. The van der Waals surface area contributed by atoms with Gasteiger partial charge in [0, 0.05) is 5.39 Å². The Morgan fingerprint density at radius 1 is 1.50 bits per heavy atom. The number of nitrogens with one attached hydrogen (secondary N) is 1. The highest BCUT2D eigenvalue weighted by Crippen LogP contribution is 2.08. The molecule has 0 unspecified atom stereocenters. The van der Waals surface area contributed by atoms with E-state index in [1.165, 1.54) is 0 Å². The molecule has 0 amide bonds. The van der Waals surface area contributed by atoms with Crippen LogP contribution in [0.25, 0.3) is 11.0 Å². The molecule has 0 radical (unpaired) electrons. The van der Waals surface area contributed by atoms with E-state index in [-0.39, 0.29) is 0 Å². The molecule has 0 saturated carbocycles. The summed E-state index contributed by atoms with van der Waals surface area (Å²) in [6, 6.07) is 1.89. The molecule has 0 aliphatic rings. The first kappa shape index (κ1) is 5.34. The average molecular weight is 134 g/mol. The van der Waals surface area contributed by atoms with E-state index < -0.39 is 0 Å². The zero-order chi connectivity index (χ0) is 6.97. The summed E-state index contributed by atoms with van der Waals surface area (Å²) < 4.78 is 0. The lowest BCUT2D eigenvalue weighted by atomic mass is 10.3. The Morgan fingerprint density at radius 3 is 3.20 bits per heavy atom. The van der Waals surface area contributed by atoms with Crippen LogP contribution in [-0.4, -0.2) is 20.4 Å². The molecule has 1 N–H and O–H groups in total. The minimum absolute atomic E-state index is 0.750. The Kier molecular flexibility index (Phi) is 0.943. The third-order valence-corrected chi connectivity index (χ3v) is 1.44. The fourth-order valence-corrected chi connectivity index (χ4v) is 0.903. The maximum Gasteiger partial charge on any atom is 0.178 e. The number of hydrogen-bond acceptors (Lipinski definition) is 3. The van der Waals surface area contributed by atoms with Crippen molar-refractivity contribution in [2.45, 2.75) is 6.92 Å². The van der Waals surface area contributed by atoms with Crippen LogP contribution in [0.5, 0.6) is 0 Å². The summed E-state index contributed by atoms with van der Waals surface area (Å²) >= 11 is 0. The number of aromatic nitrogens is 4. The van der Waals surface area contributed by atoms with E-state index in [0.29, 0.717) is 0 Å². The van der Waals surface area contributed by atoms with Gasteiger partial charge in [-0.3, -0.25) is 5.10 Å². The van der Waals surface area contributed by atoms with Gasteiger partial charge >= 0.3 is 0 Å². The highest BCUT2D eigenvalue weighted by molar-refractivity contribution is 5.76. The van der Waals surface area contributed by atoms with Crippen molar-refractivity contribution in [2.24, 2.45) is 0 Å². The Bertz CT molecular complexity index is 351. The molecule has 50 valence electrons. The van der Waals surface area contributed by atoms with Crippen LogP contribution < -0.4 is 0 Å². The lowest BCUT2D eigenvalue weighted by Crippen LogP contribution is -1.78. The van der Waals surface area contributed by atoms with Gasteiger partial charge < -0.3 is 0 Å². The summed E-state index contributed by atoms with van der Waals surface area (Å²) in [5.74, 6) is 0. The predicted octanol–water partition coefficient (Wildman–Crippen LogP) is 0.661. The molecule has 0 aliphatic heterocycles. The van der Waals surface area contributed by atoms with Crippen molar-refractivity contribution >= 4 is 11.0 Å². The van der Waals surface area contributed by atoms with Gasteiger partial charge in [-0.05, 0) is 13.0 Å². The Balaban J connectivity index is 2.93. The van der Waals surface area contributed by atoms with E-state index in [0.717, 1.165) is 16.7 Å². The zero-order valence-corrected chi connectivity index (χ0v) is 5.50. The molecular weight excluding hydrogens is 128 g/mol. The summed E-state index contributed by atoms with van der Waals surface area (Å²) in [7, 11) is 0. The molecule has 10 heavy (non-hydrogen) atoms. The van der Waals surface area contributed by atoms with Gasteiger partial charge in [-0.2, -0.15) is 10.2 Å². The Morgan fingerprint density at radius 2 is 2.40 bits per heavy atom. The van der Waals surface area contributed by atoms with Crippen LogP contribution in [0.3, 0.4) is 0 Å². The van der Waals surface area contributed by atoms with Crippen molar-refractivity contribution in [3.8, 4) is 0 Å². The molecule has 0 saturated heterocycles. The summed E-state index contributed by atoms with van der Waals surface area (Å²) in [6.07, 6.45) is 1.66. The van der Waals surface area contributed by atoms with E-state index in [2.05, 4.69) is 20.4 Å². The van der Waals surface area contributed by atoms with Crippen LogP contribution in [0.2, 0.25) is 0 Å². The number of H-pyrrole nitrogens is 1. The molecule has 2 heterocycles. The first-order valence-corrected chi connectivity index (χ1v) is 3.00. The Hall–Kier alpha value is -1.45. The number of rotatable bonds is 0. The zero-order valence-electron chi connectivity index (χ0n) is 5.50. The molecule has 4 nitrogen and oxygen atoms in total. The molecule has 0 fully saturated rings. The maximum absolute atomic E-state index is 3.97. The van der Waals surface area contributed by atoms with Crippen molar-refractivity contribution in [3.05, 3.63) is 18.0 Å². The summed E-state index contributed by atoms with van der Waals surface area (Å²) in [6.45, 7) is 1.93. The van der Waals surface area contributed by atoms with E-state index in [1.54, 1.807) is 6.20 Å². The van der Waals surface area contributed by atoms with Gasteiger partial charge in [-0.25, -0.2) is 0 Å². The average Bonchev–Trinajstić information content (AvgIpc) is 2.34. The first-order valence-electron chi connectivity index (χ1n) is 3.00. The van der Waals surface area contributed by atoms with Crippen LogP contribution in [0.1, 0.15) is 5.69 Å². The van der Waals surface area contributed by atoms with E-state index >= 15 is 0 Å². The van der Waals surface area contributed by atoms with E-state index in [4.69, 9.17) is 0 Å². The Labute approximate surface area is 57.3 Å². The molecule has 2 aromatic heterocycles. The van der Waals surface area contributed by atoms with Crippen molar-refractivity contribution in [3.63, 3.8) is 0 Å². The topological polar surface area (TPSA) is 54.5 Å². The van der Waals surface area contributed by atoms with Gasteiger partial charge in [-0.1, -0.05) is 0 Å². The second-order valence-corrected chi connectivity index (χ2v) is 2.10. The number of fused-ring (bicyclic) bond motifs is 1. The van der Waals surface area contributed by atoms with E-state index in [1.807, 2.05) is 13.0 Å². The SMILES string of the molecule is Cc1n[nH]c2nnccc12. The standard InChI is InChI=1S/C6H6N4/c1-4-5-2-3-7-9-6(5)10-8-4/h2-3H,1H3,(H,8,9,10). The lowest BCUT2D eigenvalue weighted by Gasteiger charge is -1.82. The normalized spacial score (nSPS) is 10.5. The molecule has 2 rings (SSSR count). The number of aryl methyl sites for hydroxylation is 1. The second kappa shape index (κ2) is 1.76. The fourth-order valence-electron chi connectivity index (χ4n) is 0.903. The molecule has 0 aromatic carbocycles. The van der Waals surface area contributed by atoms with Gasteiger partial charge in [0.1, 0.15) is 0 Å². The minimum Gasteiger partial charge on any atom is -0.259 e. The van der Waals surface area contributed by atoms with Gasteiger partial charge in [0.25, 0.3) is 0 Å². The molecule has 0 aliphatic carbocycles. The van der Waals surface area contributed by atoms with E-state index in [9.17, 15) is 0 Å².